The van der Waals surface area contributed by atoms with Crippen LogP contribution in [0.25, 0.3) is 0 Å². The highest BCUT2D eigenvalue weighted by molar-refractivity contribution is 5.46. The first-order valence-corrected chi connectivity index (χ1v) is 8.10. The zero-order valence-electron chi connectivity index (χ0n) is 14.0. The number of nitrogens with zero attached hydrogens (tertiary/aromatic N) is 2. The van der Waals surface area contributed by atoms with Crippen molar-refractivity contribution in [3.8, 4) is 0 Å². The topological polar surface area (TPSA) is 0 Å². The number of hydrogen-bond donors (Lipinski definition) is 0. The summed E-state index contributed by atoms with van der Waals surface area (Å²) in [4.78, 5) is 0. The number of hydrogen-bond acceptors (Lipinski definition) is 0. The van der Waals surface area contributed by atoms with E-state index >= 15 is 0 Å². The Hall–Kier alpha value is -1.64. The van der Waals surface area contributed by atoms with Crippen molar-refractivity contribution in [2.75, 3.05) is 28.2 Å². The van der Waals surface area contributed by atoms with E-state index in [2.05, 4.69) is 76.7 Å². The number of quaternary nitrogens is 2. The molecule has 0 aromatic heterocycles. The van der Waals surface area contributed by atoms with Gasteiger partial charge in [-0.05, 0) is 5.92 Å². The SMILES string of the molecule is C[N+]1(C)Cc2ccccc2C2c3ccccc3C[N+](C)(C)[C-]21. The second kappa shape index (κ2) is 4.43. The van der Waals surface area contributed by atoms with Crippen molar-refractivity contribution in [1.29, 1.82) is 0 Å². The maximum atomic E-state index is 2.37. The Balaban J connectivity index is 2.02. The highest BCUT2D eigenvalue weighted by atomic mass is 15.5. The average molecular weight is 293 g/mol. The number of benzene rings is 2. The van der Waals surface area contributed by atoms with Crippen molar-refractivity contribution in [3.05, 3.63) is 77.0 Å². The lowest BCUT2D eigenvalue weighted by molar-refractivity contribution is -1.07. The third-order valence-corrected chi connectivity index (χ3v) is 5.36. The summed E-state index contributed by atoms with van der Waals surface area (Å²) in [5.74, 6) is 0.417. The summed E-state index contributed by atoms with van der Waals surface area (Å²) in [7, 11) is 9.47. The van der Waals surface area contributed by atoms with Crippen molar-refractivity contribution < 1.29 is 8.97 Å². The Kier molecular flexibility index (Phi) is 2.82. The highest BCUT2D eigenvalue weighted by Gasteiger charge is 2.46. The van der Waals surface area contributed by atoms with Crippen LogP contribution in [0.4, 0.5) is 0 Å². The Bertz CT molecular complexity index is 668. The van der Waals surface area contributed by atoms with E-state index in [0.29, 0.717) is 5.92 Å². The van der Waals surface area contributed by atoms with Crippen molar-refractivity contribution in [2.45, 2.75) is 19.0 Å². The second-order valence-electron chi connectivity index (χ2n) is 7.88. The van der Waals surface area contributed by atoms with Crippen molar-refractivity contribution in [3.63, 3.8) is 0 Å². The molecule has 0 aliphatic carbocycles. The molecule has 0 spiro atoms. The van der Waals surface area contributed by atoms with Crippen LogP contribution in [0, 0.1) is 6.17 Å². The third kappa shape index (κ3) is 1.87. The van der Waals surface area contributed by atoms with Crippen LogP contribution in [-0.4, -0.2) is 37.2 Å². The van der Waals surface area contributed by atoms with Crippen LogP contribution in [-0.2, 0) is 13.1 Å². The van der Waals surface area contributed by atoms with Crippen LogP contribution in [0.5, 0.6) is 0 Å². The Morgan fingerprint density at radius 3 is 1.59 bits per heavy atom. The van der Waals surface area contributed by atoms with Gasteiger partial charge in [0, 0.05) is 39.3 Å². The maximum Gasteiger partial charge on any atom is 0.0843 e. The van der Waals surface area contributed by atoms with E-state index in [0.717, 1.165) is 22.1 Å². The van der Waals surface area contributed by atoms with E-state index in [9.17, 15) is 0 Å². The summed E-state index contributed by atoms with van der Waals surface area (Å²) in [6.07, 6.45) is 1.61. The molecule has 2 heteroatoms. The normalized spacial score (nSPS) is 22.5. The Morgan fingerprint density at radius 2 is 1.14 bits per heavy atom. The molecule has 0 amide bonds. The molecule has 0 radical (unpaired) electrons. The molecule has 2 aromatic rings. The van der Waals surface area contributed by atoms with Gasteiger partial charge >= 0.3 is 0 Å². The van der Waals surface area contributed by atoms with Crippen molar-refractivity contribution in [2.24, 2.45) is 0 Å². The number of fused-ring (bicyclic) bond motifs is 5. The molecular weight excluding hydrogens is 268 g/mol. The first-order valence-electron chi connectivity index (χ1n) is 8.10. The van der Waals surface area contributed by atoms with E-state index in [-0.39, 0.29) is 0 Å². The lowest BCUT2D eigenvalue weighted by Crippen LogP contribution is -2.63. The van der Waals surface area contributed by atoms with E-state index in [1.165, 1.54) is 22.3 Å². The summed E-state index contributed by atoms with van der Waals surface area (Å²) in [6, 6.07) is 18.0. The predicted molar refractivity (Wildman–Crippen MR) is 89.6 cm³/mol. The van der Waals surface area contributed by atoms with Crippen LogP contribution in [0.1, 0.15) is 28.2 Å². The molecule has 0 saturated carbocycles. The molecular formula is C20H25N2+. The summed E-state index contributed by atoms with van der Waals surface area (Å²) in [6.45, 7) is 2.18. The van der Waals surface area contributed by atoms with E-state index in [1.807, 2.05) is 0 Å². The van der Waals surface area contributed by atoms with Gasteiger partial charge in [0.05, 0.1) is 19.3 Å². The first kappa shape index (κ1) is 14.0. The molecule has 0 N–H and O–H groups in total. The minimum Gasteiger partial charge on any atom is -0.405 e. The molecule has 2 aliphatic heterocycles. The van der Waals surface area contributed by atoms with Crippen LogP contribution in [0.3, 0.4) is 0 Å². The van der Waals surface area contributed by atoms with Gasteiger partial charge in [0.1, 0.15) is 0 Å². The van der Waals surface area contributed by atoms with Gasteiger partial charge in [0.25, 0.3) is 0 Å². The molecule has 0 atom stereocenters. The van der Waals surface area contributed by atoms with Gasteiger partial charge in [-0.3, -0.25) is 0 Å². The first-order chi connectivity index (χ1) is 10.4. The fourth-order valence-corrected chi connectivity index (χ4v) is 4.81. The van der Waals surface area contributed by atoms with Gasteiger partial charge in [-0.1, -0.05) is 59.7 Å². The molecule has 0 saturated heterocycles. The Morgan fingerprint density at radius 1 is 0.727 bits per heavy atom. The van der Waals surface area contributed by atoms with Crippen LogP contribution in [0.15, 0.2) is 48.5 Å². The second-order valence-corrected chi connectivity index (χ2v) is 7.88. The molecule has 4 rings (SSSR count). The summed E-state index contributed by atoms with van der Waals surface area (Å²) >= 11 is 0. The van der Waals surface area contributed by atoms with Gasteiger partial charge in [-0.15, -0.1) is 0 Å². The highest BCUT2D eigenvalue weighted by Crippen LogP contribution is 2.52. The van der Waals surface area contributed by atoms with Gasteiger partial charge in [-0.2, -0.15) is 0 Å². The molecule has 114 valence electrons. The fraction of sp³-hybridized carbons (Fsp3) is 0.350. The lowest BCUT2D eigenvalue weighted by atomic mass is 9.76. The van der Waals surface area contributed by atoms with E-state index < -0.39 is 0 Å². The lowest BCUT2D eigenvalue weighted by Gasteiger charge is -2.64. The van der Waals surface area contributed by atoms with Gasteiger partial charge in [-0.25, -0.2) is 0 Å². The van der Waals surface area contributed by atoms with E-state index in [4.69, 9.17) is 0 Å². The molecule has 22 heavy (non-hydrogen) atoms. The van der Waals surface area contributed by atoms with Gasteiger partial charge < -0.3 is 8.97 Å². The smallest absolute Gasteiger partial charge is 0.0843 e. The number of likely N-dealkylation sites (N-methyl/N-ethyl adjacent to an activating group) is 2. The largest absolute Gasteiger partial charge is 0.405 e. The predicted octanol–water partition coefficient (Wildman–Crippen LogP) is 3.49. The summed E-state index contributed by atoms with van der Waals surface area (Å²) < 4.78 is 1.95. The molecule has 2 heterocycles. The van der Waals surface area contributed by atoms with Crippen LogP contribution >= 0.6 is 0 Å². The summed E-state index contributed by atoms with van der Waals surface area (Å²) in [5, 5.41) is 0. The van der Waals surface area contributed by atoms with Gasteiger partial charge in [0.15, 0.2) is 0 Å². The monoisotopic (exact) mass is 293 g/mol. The molecule has 2 aliphatic rings. The summed E-state index contributed by atoms with van der Waals surface area (Å²) in [5.41, 5.74) is 6.01. The van der Waals surface area contributed by atoms with Crippen molar-refractivity contribution >= 4 is 0 Å². The standard InChI is InChI=1S/C20H25N2/c1-21(2)13-15-9-5-7-11-17(15)19-18-12-8-6-10-16(18)14-22(3,4)20(19)21/h5-12,19H,13-14H2,1-4H3/q+1. The zero-order chi connectivity index (χ0) is 15.5. The molecule has 0 fully saturated rings. The number of rotatable bonds is 0. The fourth-order valence-electron chi connectivity index (χ4n) is 4.81. The quantitative estimate of drug-likeness (QED) is 0.515. The molecule has 0 unspecified atom stereocenters. The maximum absolute atomic E-state index is 2.37. The minimum atomic E-state index is 0.417. The van der Waals surface area contributed by atoms with Crippen molar-refractivity contribution in [1.82, 2.24) is 0 Å². The molecule has 2 nitrogen and oxygen atoms in total. The van der Waals surface area contributed by atoms with Crippen LogP contribution < -0.4 is 0 Å². The molecule has 2 aromatic carbocycles. The minimum absolute atomic E-state index is 0.417. The van der Waals surface area contributed by atoms with E-state index in [1.54, 1.807) is 6.17 Å². The zero-order valence-corrected chi connectivity index (χ0v) is 14.0. The average Bonchev–Trinajstić information content (AvgIpc) is 2.44. The third-order valence-electron chi connectivity index (χ3n) is 5.36. The van der Waals surface area contributed by atoms with Crippen LogP contribution in [0.2, 0.25) is 0 Å². The molecule has 0 bridgehead atoms. The Labute approximate surface area is 133 Å². The van der Waals surface area contributed by atoms with Gasteiger partial charge in [0.2, 0.25) is 0 Å².